The largest absolute Gasteiger partial charge is 0.493 e. The van der Waals surface area contributed by atoms with Crippen LogP contribution in [0.2, 0.25) is 0 Å². The van der Waals surface area contributed by atoms with E-state index in [0.29, 0.717) is 42.9 Å². The van der Waals surface area contributed by atoms with E-state index in [1.54, 1.807) is 25.1 Å². The number of nitrogens with one attached hydrogen (secondary N) is 2. The van der Waals surface area contributed by atoms with Gasteiger partial charge in [0.25, 0.3) is 5.91 Å². The summed E-state index contributed by atoms with van der Waals surface area (Å²) in [4.78, 5) is 24.1. The van der Waals surface area contributed by atoms with Crippen molar-refractivity contribution < 1.29 is 19.1 Å². The van der Waals surface area contributed by atoms with Gasteiger partial charge in [-0.3, -0.25) is 4.79 Å². The van der Waals surface area contributed by atoms with E-state index in [1.165, 1.54) is 0 Å². The second-order valence-corrected chi connectivity index (χ2v) is 7.13. The van der Waals surface area contributed by atoms with E-state index in [1.807, 2.05) is 6.07 Å². The fourth-order valence-electron chi connectivity index (χ4n) is 2.41. The Morgan fingerprint density at radius 1 is 1.12 bits per heavy atom. The van der Waals surface area contributed by atoms with Gasteiger partial charge in [0, 0.05) is 18.2 Å². The monoisotopic (exact) mass is 364 g/mol. The summed E-state index contributed by atoms with van der Waals surface area (Å²) in [6.45, 7) is 11.3. The van der Waals surface area contributed by atoms with E-state index in [0.717, 1.165) is 6.42 Å². The molecule has 0 heterocycles. The highest BCUT2D eigenvalue weighted by atomic mass is 16.5. The number of carbonyl (C=O) groups excluding carboxylic acids is 2. The van der Waals surface area contributed by atoms with Gasteiger partial charge in [-0.15, -0.1) is 0 Å². The zero-order valence-corrected chi connectivity index (χ0v) is 16.5. The molecule has 146 valence electrons. The first-order valence-electron chi connectivity index (χ1n) is 9.26. The number of hydrogen-bond donors (Lipinski definition) is 2. The normalized spacial score (nSPS) is 12.0. The van der Waals surface area contributed by atoms with Crippen LogP contribution in [0.25, 0.3) is 0 Å². The van der Waals surface area contributed by atoms with Crippen LogP contribution in [-0.2, 0) is 4.74 Å². The van der Waals surface area contributed by atoms with Gasteiger partial charge in [0.2, 0.25) is 0 Å². The third-order valence-corrected chi connectivity index (χ3v) is 3.54. The van der Waals surface area contributed by atoms with Gasteiger partial charge in [-0.25, -0.2) is 4.79 Å². The Balaban J connectivity index is 2.63. The smallest absolute Gasteiger partial charge is 0.407 e. The highest BCUT2D eigenvalue weighted by Gasteiger charge is 2.16. The van der Waals surface area contributed by atoms with Crippen LogP contribution in [0.3, 0.4) is 0 Å². The zero-order valence-electron chi connectivity index (χ0n) is 16.5. The number of alkyl carbamates (subject to hydrolysis) is 1. The van der Waals surface area contributed by atoms with E-state index in [4.69, 9.17) is 9.47 Å². The van der Waals surface area contributed by atoms with E-state index in [-0.39, 0.29) is 11.9 Å². The Bertz CT molecular complexity index is 573. The molecule has 6 heteroatoms. The van der Waals surface area contributed by atoms with Gasteiger partial charge in [-0.2, -0.15) is 0 Å². The minimum Gasteiger partial charge on any atom is -0.493 e. The van der Waals surface area contributed by atoms with Crippen molar-refractivity contribution in [2.45, 2.75) is 47.1 Å². The molecular weight excluding hydrogens is 332 g/mol. The average Bonchev–Trinajstić information content (AvgIpc) is 2.57. The van der Waals surface area contributed by atoms with Crippen molar-refractivity contribution in [1.82, 2.24) is 10.6 Å². The molecule has 0 aromatic heterocycles. The third-order valence-electron chi connectivity index (χ3n) is 3.54. The summed E-state index contributed by atoms with van der Waals surface area (Å²) in [7, 11) is 0. The lowest BCUT2D eigenvalue weighted by Gasteiger charge is -2.21. The summed E-state index contributed by atoms with van der Waals surface area (Å²) in [5.74, 6) is 1.28. The highest BCUT2D eigenvalue weighted by molar-refractivity contribution is 5.94. The molecule has 6 nitrogen and oxygen atoms in total. The van der Waals surface area contributed by atoms with Crippen LogP contribution in [0, 0.1) is 11.8 Å². The van der Waals surface area contributed by atoms with Gasteiger partial charge in [0.05, 0.1) is 13.2 Å². The predicted molar refractivity (Wildman–Crippen MR) is 103 cm³/mol. The lowest BCUT2D eigenvalue weighted by atomic mass is 10.0. The molecule has 1 atom stereocenters. The Morgan fingerprint density at radius 3 is 2.46 bits per heavy atom. The first-order valence-corrected chi connectivity index (χ1v) is 9.26. The first-order chi connectivity index (χ1) is 12.3. The van der Waals surface area contributed by atoms with Crippen LogP contribution in [-0.4, -0.2) is 37.8 Å². The minimum absolute atomic E-state index is 0.182. The molecule has 1 unspecified atom stereocenters. The van der Waals surface area contributed by atoms with Gasteiger partial charge >= 0.3 is 6.09 Å². The number of rotatable bonds is 10. The van der Waals surface area contributed by atoms with Gasteiger partial charge < -0.3 is 20.1 Å². The number of benzene rings is 1. The Labute approximate surface area is 156 Å². The topological polar surface area (TPSA) is 76.7 Å². The van der Waals surface area contributed by atoms with Crippen LogP contribution in [0.5, 0.6) is 5.75 Å². The molecular formula is C20H32N2O4. The first kappa shape index (κ1) is 21.8. The van der Waals surface area contributed by atoms with Crippen molar-refractivity contribution in [3.8, 4) is 5.75 Å². The summed E-state index contributed by atoms with van der Waals surface area (Å²) < 4.78 is 10.6. The average molecular weight is 364 g/mol. The second kappa shape index (κ2) is 11.4. The Kier molecular flexibility index (Phi) is 9.55. The van der Waals surface area contributed by atoms with Crippen molar-refractivity contribution >= 4 is 12.0 Å². The molecule has 0 radical (unpaired) electrons. The highest BCUT2D eigenvalue weighted by Crippen LogP contribution is 2.14. The molecule has 2 amide bonds. The molecule has 0 aliphatic heterocycles. The van der Waals surface area contributed by atoms with E-state index < -0.39 is 6.09 Å². The fraction of sp³-hybridized carbons (Fsp3) is 0.600. The molecule has 2 N–H and O–H groups in total. The quantitative estimate of drug-likeness (QED) is 0.665. The summed E-state index contributed by atoms with van der Waals surface area (Å²) in [5, 5.41) is 5.68. The Hall–Kier alpha value is -2.24. The lowest BCUT2D eigenvalue weighted by Crippen LogP contribution is -2.44. The second-order valence-electron chi connectivity index (χ2n) is 7.13. The molecule has 1 aromatic rings. The van der Waals surface area contributed by atoms with Crippen molar-refractivity contribution in [2.75, 3.05) is 19.8 Å². The molecule has 0 spiro atoms. The third kappa shape index (κ3) is 8.74. The summed E-state index contributed by atoms with van der Waals surface area (Å²) in [5.41, 5.74) is 0.533. The number of amides is 2. The van der Waals surface area contributed by atoms with Crippen molar-refractivity contribution in [2.24, 2.45) is 11.8 Å². The molecule has 0 fully saturated rings. The van der Waals surface area contributed by atoms with E-state index in [2.05, 4.69) is 38.3 Å². The molecule has 1 aromatic carbocycles. The van der Waals surface area contributed by atoms with E-state index >= 15 is 0 Å². The molecule has 0 saturated heterocycles. The molecule has 0 saturated carbocycles. The maximum Gasteiger partial charge on any atom is 0.407 e. The molecule has 0 aliphatic rings. The van der Waals surface area contributed by atoms with Crippen LogP contribution < -0.4 is 15.4 Å². The van der Waals surface area contributed by atoms with Gasteiger partial charge in [0.15, 0.2) is 0 Å². The number of carbonyl (C=O) groups is 2. The maximum atomic E-state index is 12.4. The van der Waals surface area contributed by atoms with Crippen LogP contribution in [0.1, 0.15) is 51.4 Å². The molecule has 0 bridgehead atoms. The summed E-state index contributed by atoms with van der Waals surface area (Å²) >= 11 is 0. The van der Waals surface area contributed by atoms with Gasteiger partial charge in [-0.1, -0.05) is 33.8 Å². The fourth-order valence-corrected chi connectivity index (χ4v) is 2.41. The van der Waals surface area contributed by atoms with Gasteiger partial charge in [-0.05, 0) is 43.4 Å². The number of ether oxygens (including phenoxy) is 2. The molecule has 26 heavy (non-hydrogen) atoms. The predicted octanol–water partition coefficient (Wildman–Crippen LogP) is 3.61. The SMILES string of the molecule is CCOC(=O)NC(CNC(=O)c1cccc(OCC(C)C)c1)CC(C)C. The summed E-state index contributed by atoms with van der Waals surface area (Å²) in [6, 6.07) is 6.93. The van der Waals surface area contributed by atoms with Crippen LogP contribution in [0.15, 0.2) is 24.3 Å². The summed E-state index contributed by atoms with van der Waals surface area (Å²) in [6.07, 6.45) is 0.285. The van der Waals surface area contributed by atoms with Crippen molar-refractivity contribution in [1.29, 1.82) is 0 Å². The number of hydrogen-bond acceptors (Lipinski definition) is 4. The molecule has 1 rings (SSSR count). The minimum atomic E-state index is -0.462. The molecule has 0 aliphatic carbocycles. The van der Waals surface area contributed by atoms with Crippen molar-refractivity contribution in [3.05, 3.63) is 29.8 Å². The lowest BCUT2D eigenvalue weighted by molar-refractivity contribution is 0.0944. The van der Waals surface area contributed by atoms with Crippen LogP contribution in [0.4, 0.5) is 4.79 Å². The standard InChI is InChI=1S/C20H32N2O4/c1-6-25-20(24)22-17(10-14(2)3)12-21-19(23)16-8-7-9-18(11-16)26-13-15(4)5/h7-9,11,14-15,17H,6,10,12-13H2,1-5H3,(H,21,23)(H,22,24). The van der Waals surface area contributed by atoms with Crippen molar-refractivity contribution in [3.63, 3.8) is 0 Å². The van der Waals surface area contributed by atoms with Gasteiger partial charge in [0.1, 0.15) is 5.75 Å². The maximum absolute atomic E-state index is 12.4. The Morgan fingerprint density at radius 2 is 1.85 bits per heavy atom. The zero-order chi connectivity index (χ0) is 19.5. The van der Waals surface area contributed by atoms with Crippen LogP contribution >= 0.6 is 0 Å². The van der Waals surface area contributed by atoms with E-state index in [9.17, 15) is 9.59 Å².